The number of carbonyl (C=O) groups excluding carboxylic acids is 3. The van der Waals surface area contributed by atoms with Crippen LogP contribution in [0.5, 0.6) is 5.75 Å². The molecule has 2 saturated heterocycles. The van der Waals surface area contributed by atoms with Crippen LogP contribution in [0.2, 0.25) is 0 Å². The maximum atomic E-state index is 12.6. The first-order chi connectivity index (χ1) is 17.0. The molecule has 35 heavy (non-hydrogen) atoms. The van der Waals surface area contributed by atoms with E-state index >= 15 is 0 Å². The number of nitrogens with zero attached hydrogens (tertiary/aromatic N) is 2. The van der Waals surface area contributed by atoms with Gasteiger partial charge in [0, 0.05) is 45.6 Å². The fourth-order valence-electron chi connectivity index (χ4n) is 4.95. The highest BCUT2D eigenvalue weighted by atomic mass is 16.5. The number of urea groups is 1. The van der Waals surface area contributed by atoms with E-state index in [1.807, 2.05) is 47.1 Å². The van der Waals surface area contributed by atoms with Gasteiger partial charge in [0.15, 0.2) is 0 Å². The number of unbranched alkanes of at least 4 members (excludes halogenated alkanes) is 2. The second kappa shape index (κ2) is 14.0. The molecule has 1 aromatic carbocycles. The zero-order valence-electron chi connectivity index (χ0n) is 21.1. The third-order valence-electron chi connectivity index (χ3n) is 7.09. The van der Waals surface area contributed by atoms with Crippen molar-refractivity contribution in [2.45, 2.75) is 64.7 Å². The quantitative estimate of drug-likeness (QED) is 0.356. The number of nitrogens with one attached hydrogen (secondary N) is 1. The molecule has 0 aromatic heterocycles. The largest absolute Gasteiger partial charge is 0.494 e. The van der Waals surface area contributed by atoms with Crippen molar-refractivity contribution in [3.05, 3.63) is 30.3 Å². The van der Waals surface area contributed by atoms with E-state index < -0.39 is 0 Å². The molecular formula is C27H41N3O5. The maximum absolute atomic E-state index is 12.6. The fraction of sp³-hybridized carbons (Fsp3) is 0.667. The summed E-state index contributed by atoms with van der Waals surface area (Å²) in [6.45, 7) is 6.50. The minimum Gasteiger partial charge on any atom is -0.494 e. The highest BCUT2D eigenvalue weighted by Crippen LogP contribution is 2.40. The van der Waals surface area contributed by atoms with E-state index in [0.717, 1.165) is 70.5 Å². The van der Waals surface area contributed by atoms with E-state index in [9.17, 15) is 14.4 Å². The number of piperidine rings is 1. The van der Waals surface area contributed by atoms with Crippen molar-refractivity contribution in [3.8, 4) is 5.75 Å². The molecule has 0 radical (unpaired) electrons. The first-order valence-corrected chi connectivity index (χ1v) is 13.2. The maximum Gasteiger partial charge on any atom is 0.317 e. The first kappa shape index (κ1) is 26.8. The zero-order chi connectivity index (χ0) is 24.9. The van der Waals surface area contributed by atoms with E-state index in [1.54, 1.807) is 0 Å². The van der Waals surface area contributed by atoms with E-state index in [2.05, 4.69) is 5.32 Å². The molecule has 2 aliphatic rings. The van der Waals surface area contributed by atoms with Gasteiger partial charge in [-0.15, -0.1) is 0 Å². The molecule has 0 atom stereocenters. The molecule has 2 heterocycles. The highest BCUT2D eigenvalue weighted by molar-refractivity contribution is 5.76. The van der Waals surface area contributed by atoms with E-state index in [0.29, 0.717) is 39.0 Å². The minimum absolute atomic E-state index is 0.00388. The number of rotatable bonds is 12. The lowest BCUT2D eigenvalue weighted by molar-refractivity contribution is -0.143. The predicted molar refractivity (Wildman–Crippen MR) is 134 cm³/mol. The smallest absolute Gasteiger partial charge is 0.317 e. The van der Waals surface area contributed by atoms with Crippen molar-refractivity contribution < 1.29 is 23.9 Å². The third kappa shape index (κ3) is 8.75. The van der Waals surface area contributed by atoms with Gasteiger partial charge >= 0.3 is 12.0 Å². The Morgan fingerprint density at radius 2 is 1.63 bits per heavy atom. The average Bonchev–Trinajstić information content (AvgIpc) is 3.28. The molecule has 8 nitrogen and oxygen atoms in total. The lowest BCUT2D eigenvalue weighted by Gasteiger charge is -2.39. The summed E-state index contributed by atoms with van der Waals surface area (Å²) in [4.78, 5) is 40.5. The van der Waals surface area contributed by atoms with Gasteiger partial charge in [0.25, 0.3) is 0 Å². The molecule has 0 unspecified atom stereocenters. The Morgan fingerprint density at radius 3 is 2.34 bits per heavy atom. The Kier molecular flexibility index (Phi) is 10.7. The summed E-state index contributed by atoms with van der Waals surface area (Å²) in [6.07, 6.45) is 7.12. The van der Waals surface area contributed by atoms with Crippen molar-refractivity contribution in [2.75, 3.05) is 45.9 Å². The number of likely N-dealkylation sites (tertiary alicyclic amines) is 2. The van der Waals surface area contributed by atoms with Gasteiger partial charge < -0.3 is 24.6 Å². The topological polar surface area (TPSA) is 88.2 Å². The van der Waals surface area contributed by atoms with Gasteiger partial charge in [-0.3, -0.25) is 9.59 Å². The number of hydrogen-bond acceptors (Lipinski definition) is 5. The number of esters is 1. The van der Waals surface area contributed by atoms with Crippen LogP contribution in [-0.2, 0) is 14.3 Å². The van der Waals surface area contributed by atoms with Crippen LogP contribution in [-0.4, -0.2) is 73.6 Å². The van der Waals surface area contributed by atoms with Gasteiger partial charge in [-0.25, -0.2) is 4.79 Å². The first-order valence-electron chi connectivity index (χ1n) is 13.2. The summed E-state index contributed by atoms with van der Waals surface area (Å²) >= 11 is 0. The van der Waals surface area contributed by atoms with Crippen molar-refractivity contribution in [1.82, 2.24) is 15.1 Å². The number of para-hydroxylation sites is 1. The van der Waals surface area contributed by atoms with Crippen LogP contribution in [0, 0.1) is 5.41 Å². The number of ether oxygens (including phenoxy) is 2. The summed E-state index contributed by atoms with van der Waals surface area (Å²) in [5, 5.41) is 3.02. The van der Waals surface area contributed by atoms with Crippen molar-refractivity contribution in [1.29, 1.82) is 0 Å². The lowest BCUT2D eigenvalue weighted by Crippen LogP contribution is -2.45. The molecule has 0 aliphatic carbocycles. The van der Waals surface area contributed by atoms with Gasteiger partial charge in [-0.05, 0) is 63.0 Å². The molecule has 2 aliphatic heterocycles. The molecule has 1 aromatic rings. The molecule has 1 spiro atoms. The molecule has 1 N–H and O–H groups in total. The van der Waals surface area contributed by atoms with Crippen LogP contribution in [0.25, 0.3) is 0 Å². The number of amides is 3. The Balaban J connectivity index is 1.26. The molecule has 3 rings (SSSR count). The predicted octanol–water partition coefficient (Wildman–Crippen LogP) is 3.99. The van der Waals surface area contributed by atoms with Crippen LogP contribution in [0.15, 0.2) is 30.3 Å². The Morgan fingerprint density at radius 1 is 0.914 bits per heavy atom. The van der Waals surface area contributed by atoms with Crippen molar-refractivity contribution in [2.24, 2.45) is 5.41 Å². The fourth-order valence-corrected chi connectivity index (χ4v) is 4.95. The molecule has 0 bridgehead atoms. The van der Waals surface area contributed by atoms with Gasteiger partial charge in [-0.1, -0.05) is 24.6 Å². The standard InChI is InChI=1S/C27H41N3O5/c1-2-34-25(32)13-7-4-8-17-28-26(33)30-20-16-27(22-30)14-18-29(19-15-27)24(31)12-9-21-35-23-10-5-3-6-11-23/h3,5-6,10-11H,2,4,7-9,12-22H2,1H3,(H,28,33). The summed E-state index contributed by atoms with van der Waals surface area (Å²) in [5.74, 6) is 0.888. The second-order valence-corrected chi connectivity index (χ2v) is 9.67. The normalized spacial score (nSPS) is 16.8. The summed E-state index contributed by atoms with van der Waals surface area (Å²) in [7, 11) is 0. The van der Waals surface area contributed by atoms with Crippen molar-refractivity contribution in [3.63, 3.8) is 0 Å². The third-order valence-corrected chi connectivity index (χ3v) is 7.09. The Labute approximate surface area is 209 Å². The molecule has 0 saturated carbocycles. The molecular weight excluding hydrogens is 446 g/mol. The number of hydrogen-bond donors (Lipinski definition) is 1. The highest BCUT2D eigenvalue weighted by Gasteiger charge is 2.42. The molecule has 3 amide bonds. The van der Waals surface area contributed by atoms with Gasteiger partial charge in [0.1, 0.15) is 5.75 Å². The summed E-state index contributed by atoms with van der Waals surface area (Å²) in [6, 6.07) is 9.68. The van der Waals surface area contributed by atoms with Crippen LogP contribution in [0.4, 0.5) is 4.79 Å². The van der Waals surface area contributed by atoms with Crippen LogP contribution >= 0.6 is 0 Å². The van der Waals surface area contributed by atoms with Crippen LogP contribution in [0.3, 0.4) is 0 Å². The average molecular weight is 488 g/mol. The number of carbonyl (C=O) groups is 3. The van der Waals surface area contributed by atoms with Crippen LogP contribution in [0.1, 0.15) is 64.7 Å². The van der Waals surface area contributed by atoms with Gasteiger partial charge in [-0.2, -0.15) is 0 Å². The van der Waals surface area contributed by atoms with E-state index in [4.69, 9.17) is 9.47 Å². The van der Waals surface area contributed by atoms with Crippen molar-refractivity contribution >= 4 is 17.9 Å². The second-order valence-electron chi connectivity index (χ2n) is 9.67. The Bertz CT molecular complexity index is 808. The SMILES string of the molecule is CCOC(=O)CCCCCNC(=O)N1CCC2(CCN(C(=O)CCCOc3ccccc3)CC2)C1. The summed E-state index contributed by atoms with van der Waals surface area (Å²) < 4.78 is 10.6. The molecule has 8 heteroatoms. The number of benzene rings is 1. The molecule has 194 valence electrons. The van der Waals surface area contributed by atoms with E-state index in [1.165, 1.54) is 0 Å². The minimum atomic E-state index is -0.149. The summed E-state index contributed by atoms with van der Waals surface area (Å²) in [5.41, 5.74) is 0.143. The zero-order valence-corrected chi connectivity index (χ0v) is 21.1. The van der Waals surface area contributed by atoms with E-state index in [-0.39, 0.29) is 23.3 Å². The lowest BCUT2D eigenvalue weighted by atomic mass is 9.77. The Hall–Kier alpha value is -2.77. The molecule has 2 fully saturated rings. The van der Waals surface area contributed by atoms with Gasteiger partial charge in [0.05, 0.1) is 13.2 Å². The van der Waals surface area contributed by atoms with Gasteiger partial charge in [0.2, 0.25) is 5.91 Å². The van der Waals surface area contributed by atoms with Crippen LogP contribution < -0.4 is 10.1 Å². The monoisotopic (exact) mass is 487 g/mol.